The summed E-state index contributed by atoms with van der Waals surface area (Å²) in [5.74, 6) is 1.77. The quantitative estimate of drug-likeness (QED) is 0.684. The number of hydrogen-bond donors (Lipinski definition) is 1. The third-order valence-corrected chi connectivity index (χ3v) is 2.83. The van der Waals surface area contributed by atoms with Gasteiger partial charge in [0, 0.05) is 13.5 Å². The van der Waals surface area contributed by atoms with E-state index >= 15 is 0 Å². The molecule has 4 heteroatoms. The molecule has 0 fully saturated rings. The van der Waals surface area contributed by atoms with Crippen molar-refractivity contribution < 1.29 is 0 Å². The molecule has 0 aliphatic heterocycles. The molecular weight excluding hydrogens is 200 g/mol. The van der Waals surface area contributed by atoms with Crippen molar-refractivity contribution in [3.63, 3.8) is 0 Å². The van der Waals surface area contributed by atoms with Crippen LogP contribution in [-0.2, 0) is 13.5 Å². The summed E-state index contributed by atoms with van der Waals surface area (Å²) in [6, 6.07) is 0. The first-order valence-corrected chi connectivity index (χ1v) is 6.31. The Kier molecular flexibility index (Phi) is 6.08. The number of rotatable bonds is 8. The molecule has 16 heavy (non-hydrogen) atoms. The van der Waals surface area contributed by atoms with Gasteiger partial charge in [-0.2, -0.15) is 5.10 Å². The molecule has 1 aromatic rings. The van der Waals surface area contributed by atoms with Crippen molar-refractivity contribution in [1.82, 2.24) is 20.1 Å². The van der Waals surface area contributed by atoms with Crippen LogP contribution in [0.1, 0.15) is 38.9 Å². The Morgan fingerprint density at radius 2 is 2.19 bits per heavy atom. The van der Waals surface area contributed by atoms with Gasteiger partial charge in [0.05, 0.1) is 0 Å². The molecule has 1 N–H and O–H groups in total. The standard InChI is InChI=1S/C12H24N4/c1-4-6-11(9-13-7-5-2)8-12-14-10-15-16(12)3/h10-11,13H,4-9H2,1-3H3. The monoisotopic (exact) mass is 224 g/mol. The fraction of sp³-hybridized carbons (Fsp3) is 0.833. The first-order valence-electron chi connectivity index (χ1n) is 6.31. The van der Waals surface area contributed by atoms with Crippen molar-refractivity contribution in [2.45, 2.75) is 39.5 Å². The fourth-order valence-electron chi connectivity index (χ4n) is 1.93. The fourth-order valence-corrected chi connectivity index (χ4v) is 1.93. The molecule has 0 saturated carbocycles. The molecule has 0 bridgehead atoms. The minimum Gasteiger partial charge on any atom is -0.316 e. The number of nitrogens with one attached hydrogen (secondary N) is 1. The van der Waals surface area contributed by atoms with Gasteiger partial charge in [0.25, 0.3) is 0 Å². The van der Waals surface area contributed by atoms with Crippen molar-refractivity contribution in [2.24, 2.45) is 13.0 Å². The topological polar surface area (TPSA) is 42.7 Å². The van der Waals surface area contributed by atoms with Crippen molar-refractivity contribution in [2.75, 3.05) is 13.1 Å². The van der Waals surface area contributed by atoms with E-state index < -0.39 is 0 Å². The summed E-state index contributed by atoms with van der Waals surface area (Å²) in [7, 11) is 1.96. The van der Waals surface area contributed by atoms with Gasteiger partial charge in [-0.3, -0.25) is 4.68 Å². The van der Waals surface area contributed by atoms with Crippen molar-refractivity contribution in [1.29, 1.82) is 0 Å². The average Bonchev–Trinajstić information content (AvgIpc) is 2.65. The van der Waals surface area contributed by atoms with Gasteiger partial charge in [-0.15, -0.1) is 0 Å². The van der Waals surface area contributed by atoms with Gasteiger partial charge < -0.3 is 5.32 Å². The summed E-state index contributed by atoms with van der Waals surface area (Å²) in [4.78, 5) is 4.29. The zero-order chi connectivity index (χ0) is 11.8. The molecule has 0 radical (unpaired) electrons. The predicted octanol–water partition coefficient (Wildman–Crippen LogP) is 1.77. The molecule has 0 amide bonds. The van der Waals surface area contributed by atoms with Crippen LogP contribution >= 0.6 is 0 Å². The molecule has 0 saturated heterocycles. The second-order valence-corrected chi connectivity index (χ2v) is 4.36. The van der Waals surface area contributed by atoms with Crippen molar-refractivity contribution in [3.8, 4) is 0 Å². The molecule has 1 rings (SSSR count). The highest BCUT2D eigenvalue weighted by Gasteiger charge is 2.11. The van der Waals surface area contributed by atoms with Crippen LogP contribution in [-0.4, -0.2) is 27.9 Å². The Hall–Kier alpha value is -0.900. The highest BCUT2D eigenvalue weighted by molar-refractivity contribution is 4.86. The van der Waals surface area contributed by atoms with E-state index in [1.807, 2.05) is 11.7 Å². The molecule has 4 nitrogen and oxygen atoms in total. The summed E-state index contributed by atoms with van der Waals surface area (Å²) >= 11 is 0. The second-order valence-electron chi connectivity index (χ2n) is 4.36. The molecule has 0 spiro atoms. The van der Waals surface area contributed by atoms with Gasteiger partial charge >= 0.3 is 0 Å². The zero-order valence-electron chi connectivity index (χ0n) is 10.7. The zero-order valence-corrected chi connectivity index (χ0v) is 10.7. The van der Waals surface area contributed by atoms with Gasteiger partial charge in [0.15, 0.2) is 0 Å². The molecule has 0 aliphatic rings. The Bertz CT molecular complexity index is 282. The maximum atomic E-state index is 4.29. The van der Waals surface area contributed by atoms with E-state index in [4.69, 9.17) is 0 Å². The van der Waals surface area contributed by atoms with E-state index in [1.165, 1.54) is 19.3 Å². The second kappa shape index (κ2) is 7.39. The number of hydrogen-bond acceptors (Lipinski definition) is 3. The van der Waals surface area contributed by atoms with Crippen LogP contribution in [0.2, 0.25) is 0 Å². The van der Waals surface area contributed by atoms with Crippen LogP contribution in [0.25, 0.3) is 0 Å². The number of nitrogens with zero attached hydrogens (tertiary/aromatic N) is 3. The van der Waals surface area contributed by atoms with E-state index in [-0.39, 0.29) is 0 Å². The SMILES string of the molecule is CCCNCC(CCC)Cc1ncnn1C. The van der Waals surface area contributed by atoms with Crippen molar-refractivity contribution >= 4 is 0 Å². The summed E-state index contributed by atoms with van der Waals surface area (Å²) in [5.41, 5.74) is 0. The van der Waals surface area contributed by atoms with Gasteiger partial charge in [-0.25, -0.2) is 4.98 Å². The minimum absolute atomic E-state index is 0.680. The number of aromatic nitrogens is 3. The summed E-state index contributed by atoms with van der Waals surface area (Å²) in [5, 5.41) is 7.61. The molecule has 1 unspecified atom stereocenters. The maximum Gasteiger partial charge on any atom is 0.138 e. The van der Waals surface area contributed by atoms with Gasteiger partial charge in [-0.05, 0) is 31.8 Å². The Morgan fingerprint density at radius 1 is 1.38 bits per heavy atom. The van der Waals surface area contributed by atoms with E-state index in [0.29, 0.717) is 5.92 Å². The summed E-state index contributed by atoms with van der Waals surface area (Å²) < 4.78 is 1.88. The van der Waals surface area contributed by atoms with Crippen molar-refractivity contribution in [3.05, 3.63) is 12.2 Å². The highest BCUT2D eigenvalue weighted by atomic mass is 15.3. The molecule has 0 aromatic carbocycles. The predicted molar refractivity (Wildman–Crippen MR) is 66.3 cm³/mol. The minimum atomic E-state index is 0.680. The van der Waals surface area contributed by atoms with Crippen LogP contribution in [0.5, 0.6) is 0 Å². The lowest BCUT2D eigenvalue weighted by Gasteiger charge is -2.16. The molecule has 92 valence electrons. The van der Waals surface area contributed by atoms with Gasteiger partial charge in [0.2, 0.25) is 0 Å². The smallest absolute Gasteiger partial charge is 0.138 e. The molecule has 1 aromatic heterocycles. The van der Waals surface area contributed by atoms with Crippen LogP contribution in [0.3, 0.4) is 0 Å². The Morgan fingerprint density at radius 3 is 2.75 bits per heavy atom. The van der Waals surface area contributed by atoms with E-state index in [1.54, 1.807) is 6.33 Å². The average molecular weight is 224 g/mol. The van der Waals surface area contributed by atoms with Gasteiger partial charge in [0.1, 0.15) is 12.2 Å². The third kappa shape index (κ3) is 4.31. The lowest BCUT2D eigenvalue weighted by molar-refractivity contribution is 0.424. The normalized spacial score (nSPS) is 12.9. The van der Waals surface area contributed by atoms with Crippen LogP contribution in [0.4, 0.5) is 0 Å². The Balaban J connectivity index is 2.41. The highest BCUT2D eigenvalue weighted by Crippen LogP contribution is 2.11. The first kappa shape index (κ1) is 13.2. The molecule has 1 atom stereocenters. The third-order valence-electron chi connectivity index (χ3n) is 2.83. The first-order chi connectivity index (χ1) is 7.77. The Labute approximate surface area is 98.5 Å². The number of aryl methyl sites for hydroxylation is 1. The maximum absolute atomic E-state index is 4.29. The van der Waals surface area contributed by atoms with E-state index in [2.05, 4.69) is 29.2 Å². The van der Waals surface area contributed by atoms with E-state index in [9.17, 15) is 0 Å². The van der Waals surface area contributed by atoms with Crippen LogP contribution < -0.4 is 5.32 Å². The lowest BCUT2D eigenvalue weighted by Crippen LogP contribution is -2.25. The van der Waals surface area contributed by atoms with Crippen LogP contribution in [0, 0.1) is 5.92 Å². The largest absolute Gasteiger partial charge is 0.316 e. The lowest BCUT2D eigenvalue weighted by atomic mass is 9.99. The molecular formula is C12H24N4. The van der Waals surface area contributed by atoms with Crippen LogP contribution in [0.15, 0.2) is 6.33 Å². The summed E-state index contributed by atoms with van der Waals surface area (Å²) in [6.07, 6.45) is 6.35. The molecule has 0 aliphatic carbocycles. The molecule has 1 heterocycles. The summed E-state index contributed by atoms with van der Waals surface area (Å²) in [6.45, 7) is 6.64. The van der Waals surface area contributed by atoms with E-state index in [0.717, 1.165) is 25.3 Å². The van der Waals surface area contributed by atoms with Gasteiger partial charge in [-0.1, -0.05) is 20.3 Å².